The van der Waals surface area contributed by atoms with E-state index < -0.39 is 37.3 Å². The molecule has 8 nitrogen and oxygen atoms in total. The highest BCUT2D eigenvalue weighted by molar-refractivity contribution is 5.42. The van der Waals surface area contributed by atoms with Gasteiger partial charge in [-0.05, 0) is 24.1 Å². The lowest BCUT2D eigenvalue weighted by Gasteiger charge is -2.39. The summed E-state index contributed by atoms with van der Waals surface area (Å²) in [5.41, 5.74) is 0.694. The topological polar surface area (TPSA) is 140 Å². The van der Waals surface area contributed by atoms with Crippen molar-refractivity contribution in [1.29, 1.82) is 0 Å². The van der Waals surface area contributed by atoms with E-state index in [9.17, 15) is 20.4 Å². The third kappa shape index (κ3) is 3.49. The Morgan fingerprint density at radius 2 is 1.77 bits per heavy atom. The molecule has 1 heterocycles. The quantitative estimate of drug-likeness (QED) is 0.370. The van der Waals surface area contributed by atoms with E-state index in [-0.39, 0.29) is 18.1 Å². The van der Waals surface area contributed by atoms with E-state index in [1.807, 2.05) is 0 Å². The van der Waals surface area contributed by atoms with E-state index in [0.29, 0.717) is 12.0 Å². The number of rotatable bonds is 5. The van der Waals surface area contributed by atoms with Crippen LogP contribution in [0.15, 0.2) is 18.2 Å². The average molecular weight is 316 g/mol. The molecule has 124 valence electrons. The number of hydrogen-bond donors (Lipinski definition) is 6. The van der Waals surface area contributed by atoms with E-state index in [4.69, 9.17) is 19.7 Å². The fourth-order valence-electron chi connectivity index (χ4n) is 2.23. The molecule has 0 aromatic heterocycles. The van der Waals surface area contributed by atoms with Gasteiger partial charge in [-0.1, -0.05) is 6.07 Å². The minimum absolute atomic E-state index is 0.00437. The van der Waals surface area contributed by atoms with Gasteiger partial charge in [-0.25, -0.2) is 0 Å². The Morgan fingerprint density at radius 3 is 2.41 bits per heavy atom. The number of ether oxygens (including phenoxy) is 2. The van der Waals surface area contributed by atoms with Gasteiger partial charge in [0.15, 0.2) is 11.5 Å². The van der Waals surface area contributed by atoms with Gasteiger partial charge in [0.05, 0.1) is 6.61 Å². The van der Waals surface area contributed by atoms with Crippen molar-refractivity contribution >= 4 is 0 Å². The largest absolute Gasteiger partial charge is 0.504 e. The molecule has 0 unspecified atom stereocenters. The summed E-state index contributed by atoms with van der Waals surface area (Å²) in [7, 11) is 0. The molecule has 1 fully saturated rings. The molecule has 6 N–H and O–H groups in total. The Balaban J connectivity index is 2.16. The summed E-state index contributed by atoms with van der Waals surface area (Å²) < 4.78 is 10.5. The van der Waals surface area contributed by atoms with Crippen LogP contribution >= 0.6 is 0 Å². The summed E-state index contributed by atoms with van der Waals surface area (Å²) in [6.07, 6.45) is -6.70. The number of phenolic OH excluding ortho intramolecular Hbond substituents is 1. The van der Waals surface area contributed by atoms with Crippen LogP contribution in [0.25, 0.3) is 0 Å². The fraction of sp³-hybridized carbons (Fsp3) is 0.571. The fourth-order valence-corrected chi connectivity index (χ4v) is 2.23. The Labute approximate surface area is 126 Å². The second-order valence-corrected chi connectivity index (χ2v) is 5.09. The maximum Gasteiger partial charge on any atom is 0.229 e. The van der Waals surface area contributed by atoms with Gasteiger partial charge in [0.1, 0.15) is 24.4 Å². The van der Waals surface area contributed by atoms with Gasteiger partial charge < -0.3 is 40.1 Å². The Kier molecular flexibility index (Phi) is 5.57. The molecule has 0 bridgehead atoms. The monoisotopic (exact) mass is 316 g/mol. The van der Waals surface area contributed by atoms with Crippen LogP contribution in [-0.2, 0) is 11.2 Å². The second-order valence-electron chi connectivity index (χ2n) is 5.09. The summed E-state index contributed by atoms with van der Waals surface area (Å²) >= 11 is 0. The number of aromatic hydroxyl groups is 1. The summed E-state index contributed by atoms with van der Waals surface area (Å²) in [6.45, 7) is -0.647. The number of benzene rings is 1. The van der Waals surface area contributed by atoms with Crippen molar-refractivity contribution < 1.29 is 40.1 Å². The van der Waals surface area contributed by atoms with Gasteiger partial charge in [-0.15, -0.1) is 0 Å². The highest BCUT2D eigenvalue weighted by atomic mass is 16.7. The van der Waals surface area contributed by atoms with E-state index in [1.165, 1.54) is 12.1 Å². The lowest BCUT2D eigenvalue weighted by molar-refractivity contribution is -0.277. The van der Waals surface area contributed by atoms with Crippen molar-refractivity contribution in [3.63, 3.8) is 0 Å². The zero-order valence-electron chi connectivity index (χ0n) is 11.7. The first kappa shape index (κ1) is 16.9. The van der Waals surface area contributed by atoms with E-state index >= 15 is 0 Å². The highest BCUT2D eigenvalue weighted by Gasteiger charge is 2.44. The maximum atomic E-state index is 9.88. The molecule has 22 heavy (non-hydrogen) atoms. The molecule has 0 radical (unpaired) electrons. The molecule has 5 atom stereocenters. The van der Waals surface area contributed by atoms with Crippen molar-refractivity contribution in [2.45, 2.75) is 37.1 Å². The zero-order valence-corrected chi connectivity index (χ0v) is 11.7. The molecular formula is C14H20O8. The lowest BCUT2D eigenvalue weighted by atomic mass is 9.99. The number of hydrogen-bond acceptors (Lipinski definition) is 8. The van der Waals surface area contributed by atoms with Gasteiger partial charge in [-0.3, -0.25) is 0 Å². The third-order valence-electron chi connectivity index (χ3n) is 3.52. The predicted molar refractivity (Wildman–Crippen MR) is 73.3 cm³/mol. The molecule has 0 saturated carbocycles. The van der Waals surface area contributed by atoms with E-state index in [1.54, 1.807) is 6.07 Å². The molecule has 2 rings (SSSR count). The summed E-state index contributed by atoms with van der Waals surface area (Å²) in [5.74, 6) is -0.214. The van der Waals surface area contributed by atoms with Crippen molar-refractivity contribution in [3.8, 4) is 11.5 Å². The smallest absolute Gasteiger partial charge is 0.229 e. The number of phenols is 1. The first-order valence-electron chi connectivity index (χ1n) is 6.88. The Hall–Kier alpha value is -1.42. The summed E-state index contributed by atoms with van der Waals surface area (Å²) in [5, 5.41) is 57.1. The Morgan fingerprint density at radius 1 is 1.05 bits per heavy atom. The first-order valence-corrected chi connectivity index (χ1v) is 6.88. The first-order chi connectivity index (χ1) is 10.5. The van der Waals surface area contributed by atoms with Gasteiger partial charge in [0.2, 0.25) is 6.29 Å². The van der Waals surface area contributed by atoms with Crippen LogP contribution in [0.1, 0.15) is 5.56 Å². The van der Waals surface area contributed by atoms with Gasteiger partial charge in [0.25, 0.3) is 0 Å². The average Bonchev–Trinajstić information content (AvgIpc) is 2.51. The highest BCUT2D eigenvalue weighted by Crippen LogP contribution is 2.31. The molecule has 0 aliphatic carbocycles. The molecule has 1 aliphatic heterocycles. The molecule has 1 aliphatic rings. The van der Waals surface area contributed by atoms with E-state index in [0.717, 1.165) is 0 Å². The van der Waals surface area contributed by atoms with Crippen LogP contribution in [0.3, 0.4) is 0 Å². The van der Waals surface area contributed by atoms with Crippen molar-refractivity contribution in [1.82, 2.24) is 0 Å². The van der Waals surface area contributed by atoms with Crippen LogP contribution in [0.4, 0.5) is 0 Å². The van der Waals surface area contributed by atoms with Gasteiger partial charge in [-0.2, -0.15) is 0 Å². The molecule has 0 spiro atoms. The van der Waals surface area contributed by atoms with E-state index in [2.05, 4.69) is 0 Å². The third-order valence-corrected chi connectivity index (χ3v) is 3.52. The van der Waals surface area contributed by atoms with Crippen LogP contribution in [0.2, 0.25) is 0 Å². The van der Waals surface area contributed by atoms with Crippen LogP contribution in [0, 0.1) is 0 Å². The van der Waals surface area contributed by atoms with Crippen LogP contribution in [0.5, 0.6) is 11.5 Å². The SMILES string of the molecule is OCCc1ccc(O)c(O[C@H]2O[C@H](CO)[C@H](O)[C@@H](O)[C@H]2O)c1. The van der Waals surface area contributed by atoms with Gasteiger partial charge in [0, 0.05) is 6.61 Å². The lowest BCUT2D eigenvalue weighted by Crippen LogP contribution is -2.60. The molecule has 0 amide bonds. The second kappa shape index (κ2) is 7.23. The molecule has 1 aromatic carbocycles. The minimum atomic E-state index is -1.56. The zero-order chi connectivity index (χ0) is 16.3. The standard InChI is InChI=1S/C14H20O8/c15-4-3-7-1-2-8(17)9(5-7)21-14-13(20)12(19)11(18)10(6-16)22-14/h1-2,5,10-20H,3-4,6H2/t10-,11+,12-,13-,14+/m1/s1. The number of aliphatic hydroxyl groups is 5. The van der Waals surface area contributed by atoms with Crippen LogP contribution < -0.4 is 4.74 Å². The minimum Gasteiger partial charge on any atom is -0.504 e. The predicted octanol–water partition coefficient (Wildman–Crippen LogP) is -1.89. The normalized spacial score (nSPS) is 32.0. The van der Waals surface area contributed by atoms with Gasteiger partial charge >= 0.3 is 0 Å². The summed E-state index contributed by atoms with van der Waals surface area (Å²) in [6, 6.07) is 4.43. The maximum absolute atomic E-state index is 9.88. The van der Waals surface area contributed by atoms with Crippen molar-refractivity contribution in [3.05, 3.63) is 23.8 Å². The molecule has 1 saturated heterocycles. The molecule has 8 heteroatoms. The van der Waals surface area contributed by atoms with Crippen molar-refractivity contribution in [2.24, 2.45) is 0 Å². The number of aliphatic hydroxyl groups excluding tert-OH is 5. The Bertz CT molecular complexity index is 492. The van der Waals surface area contributed by atoms with Crippen molar-refractivity contribution in [2.75, 3.05) is 13.2 Å². The van der Waals surface area contributed by atoms with Crippen LogP contribution in [-0.4, -0.2) is 74.6 Å². The molecule has 1 aromatic rings. The molecular weight excluding hydrogens is 296 g/mol. The summed E-state index contributed by atoms with van der Waals surface area (Å²) in [4.78, 5) is 0.